The van der Waals surface area contributed by atoms with Crippen molar-refractivity contribution in [1.29, 1.82) is 0 Å². The molecule has 3 N–H and O–H groups in total. The van der Waals surface area contributed by atoms with Crippen LogP contribution >= 0.6 is 22.9 Å². The third kappa shape index (κ3) is 5.20. The van der Waals surface area contributed by atoms with E-state index in [2.05, 4.69) is 16.2 Å². The molecule has 0 saturated carbocycles. The summed E-state index contributed by atoms with van der Waals surface area (Å²) in [6.45, 7) is 5.82. The minimum absolute atomic E-state index is 0.233. The van der Waals surface area contributed by atoms with Crippen LogP contribution in [-0.4, -0.2) is 30.4 Å². The molecule has 0 unspecified atom stereocenters. The van der Waals surface area contributed by atoms with Crippen molar-refractivity contribution in [1.82, 2.24) is 16.2 Å². The Morgan fingerprint density at radius 2 is 1.69 bits per heavy atom. The lowest BCUT2D eigenvalue weighted by Crippen LogP contribution is -2.54. The Bertz CT molecular complexity index is 1150. The Balaban J connectivity index is 1.68. The minimum atomic E-state index is -0.879. The fourth-order valence-electron chi connectivity index (χ4n) is 3.10. The number of halogens is 1. The van der Waals surface area contributed by atoms with Gasteiger partial charge in [0.15, 0.2) is 0 Å². The molecule has 1 heterocycles. The van der Waals surface area contributed by atoms with Crippen LogP contribution in [0, 0.1) is 5.92 Å². The second-order valence-corrected chi connectivity index (χ2v) is 8.74. The van der Waals surface area contributed by atoms with Crippen LogP contribution < -0.4 is 20.9 Å². The molecule has 0 fully saturated rings. The van der Waals surface area contributed by atoms with Crippen LogP contribution in [0.1, 0.15) is 40.8 Å². The molecule has 9 heteroatoms. The Hall–Kier alpha value is -3.10. The summed E-state index contributed by atoms with van der Waals surface area (Å²) in [6, 6.07) is 13.3. The zero-order valence-electron chi connectivity index (χ0n) is 17.9. The fraction of sp³-hybridized carbons (Fsp3) is 0.261. The van der Waals surface area contributed by atoms with Crippen molar-refractivity contribution in [2.45, 2.75) is 26.8 Å². The Labute approximate surface area is 195 Å². The SMILES string of the molecule is CCOc1ccccc1C(=O)N[C@H](C(=O)NNC(=O)c1sc2ccccc2c1Cl)C(C)C. The second kappa shape index (κ2) is 10.5. The van der Waals surface area contributed by atoms with Gasteiger partial charge in [-0.3, -0.25) is 25.2 Å². The number of ether oxygens (including phenoxy) is 1. The lowest BCUT2D eigenvalue weighted by molar-refractivity contribution is -0.124. The van der Waals surface area contributed by atoms with Crippen molar-refractivity contribution >= 4 is 50.7 Å². The second-order valence-electron chi connectivity index (χ2n) is 7.31. The number of rotatable bonds is 7. The predicted octanol–water partition coefficient (Wildman–Crippen LogP) is 4.17. The molecular formula is C23H24ClN3O4S. The topological polar surface area (TPSA) is 96.5 Å². The van der Waals surface area contributed by atoms with Crippen LogP contribution in [-0.2, 0) is 4.79 Å². The Morgan fingerprint density at radius 3 is 2.38 bits per heavy atom. The van der Waals surface area contributed by atoms with Crippen molar-refractivity contribution in [3.8, 4) is 5.75 Å². The zero-order valence-corrected chi connectivity index (χ0v) is 19.5. The summed E-state index contributed by atoms with van der Waals surface area (Å²) < 4.78 is 6.36. The number of carbonyl (C=O) groups is 3. The summed E-state index contributed by atoms with van der Waals surface area (Å²) in [5, 5.41) is 3.83. The maximum Gasteiger partial charge on any atom is 0.281 e. The molecule has 3 amide bonds. The van der Waals surface area contributed by atoms with Crippen LogP contribution in [0.15, 0.2) is 48.5 Å². The van der Waals surface area contributed by atoms with E-state index in [1.54, 1.807) is 38.1 Å². The Kier molecular flexibility index (Phi) is 7.71. The van der Waals surface area contributed by atoms with Crippen molar-refractivity contribution in [2.75, 3.05) is 6.61 Å². The van der Waals surface area contributed by atoms with Gasteiger partial charge in [-0.2, -0.15) is 0 Å². The number of hydrogen-bond acceptors (Lipinski definition) is 5. The lowest BCUT2D eigenvalue weighted by atomic mass is 10.0. The summed E-state index contributed by atoms with van der Waals surface area (Å²) in [5.74, 6) is -1.32. The van der Waals surface area contributed by atoms with E-state index in [1.165, 1.54) is 11.3 Å². The summed E-state index contributed by atoms with van der Waals surface area (Å²) in [4.78, 5) is 38.4. The van der Waals surface area contributed by atoms with Gasteiger partial charge in [0.2, 0.25) is 0 Å². The zero-order chi connectivity index (χ0) is 23.3. The van der Waals surface area contributed by atoms with E-state index in [-0.39, 0.29) is 5.92 Å². The molecule has 32 heavy (non-hydrogen) atoms. The van der Waals surface area contributed by atoms with E-state index in [4.69, 9.17) is 16.3 Å². The summed E-state index contributed by atoms with van der Waals surface area (Å²) in [5.41, 5.74) is 5.11. The molecule has 2 aromatic carbocycles. The first kappa shape index (κ1) is 23.6. The molecule has 0 radical (unpaired) electrons. The van der Waals surface area contributed by atoms with Crippen molar-refractivity contribution in [2.24, 2.45) is 5.92 Å². The van der Waals surface area contributed by atoms with Gasteiger partial charge in [0.1, 0.15) is 16.7 Å². The van der Waals surface area contributed by atoms with Gasteiger partial charge in [-0.25, -0.2) is 0 Å². The van der Waals surface area contributed by atoms with E-state index in [0.29, 0.717) is 27.8 Å². The number of hydrazine groups is 1. The largest absolute Gasteiger partial charge is 0.493 e. The molecule has 1 atom stereocenters. The number of nitrogens with one attached hydrogen (secondary N) is 3. The number of carbonyl (C=O) groups excluding carboxylic acids is 3. The molecule has 0 aliphatic heterocycles. The smallest absolute Gasteiger partial charge is 0.281 e. The number of fused-ring (bicyclic) bond motifs is 1. The molecule has 0 spiro atoms. The molecule has 3 rings (SSSR count). The number of amides is 3. The van der Waals surface area contributed by atoms with Crippen molar-refractivity contribution < 1.29 is 19.1 Å². The molecule has 0 saturated heterocycles. The number of thiophene rings is 1. The number of para-hydroxylation sites is 1. The van der Waals surface area contributed by atoms with E-state index in [0.717, 1.165) is 10.1 Å². The quantitative estimate of drug-likeness (QED) is 0.449. The maximum absolute atomic E-state index is 12.8. The fourth-order valence-corrected chi connectivity index (χ4v) is 4.51. The predicted molar refractivity (Wildman–Crippen MR) is 126 cm³/mol. The standard InChI is InChI=1S/C23H24ClN3O4S/c1-4-31-16-11-7-5-9-14(16)21(28)25-19(13(2)3)22(29)26-27-23(30)20-18(24)15-10-6-8-12-17(15)32-20/h5-13,19H,4H2,1-3H3,(H,25,28)(H,26,29)(H,27,30)/t19-/m0/s1. The molecule has 168 valence electrons. The minimum Gasteiger partial charge on any atom is -0.493 e. The van der Waals surface area contributed by atoms with E-state index in [1.807, 2.05) is 31.2 Å². The summed E-state index contributed by atoms with van der Waals surface area (Å²) in [6.07, 6.45) is 0. The third-order valence-corrected chi connectivity index (χ3v) is 6.38. The van der Waals surface area contributed by atoms with Gasteiger partial charge >= 0.3 is 0 Å². The van der Waals surface area contributed by atoms with Crippen LogP contribution in [0.4, 0.5) is 0 Å². The van der Waals surface area contributed by atoms with Gasteiger partial charge in [-0.05, 0) is 31.0 Å². The first-order valence-electron chi connectivity index (χ1n) is 10.1. The molecule has 7 nitrogen and oxygen atoms in total. The highest BCUT2D eigenvalue weighted by molar-refractivity contribution is 7.21. The third-order valence-electron chi connectivity index (χ3n) is 4.71. The van der Waals surface area contributed by atoms with E-state index in [9.17, 15) is 14.4 Å². The highest BCUT2D eigenvalue weighted by Crippen LogP contribution is 2.34. The van der Waals surface area contributed by atoms with Crippen molar-refractivity contribution in [3.63, 3.8) is 0 Å². The molecule has 0 aliphatic carbocycles. The summed E-state index contributed by atoms with van der Waals surface area (Å²) in [7, 11) is 0. The monoisotopic (exact) mass is 473 g/mol. The van der Waals surface area contributed by atoms with Crippen LogP contribution in [0.5, 0.6) is 5.75 Å². The lowest BCUT2D eigenvalue weighted by Gasteiger charge is -2.22. The first-order chi connectivity index (χ1) is 15.3. The average molecular weight is 474 g/mol. The normalized spacial score (nSPS) is 11.8. The van der Waals surface area contributed by atoms with Gasteiger partial charge in [0.05, 0.1) is 17.2 Å². The number of hydrogen-bond donors (Lipinski definition) is 3. The van der Waals surface area contributed by atoms with Crippen LogP contribution in [0.25, 0.3) is 10.1 Å². The molecular weight excluding hydrogens is 450 g/mol. The van der Waals surface area contributed by atoms with Gasteiger partial charge in [-0.1, -0.05) is 55.8 Å². The molecule has 1 aromatic heterocycles. The van der Waals surface area contributed by atoms with Crippen molar-refractivity contribution in [3.05, 3.63) is 64.0 Å². The van der Waals surface area contributed by atoms with Crippen LogP contribution in [0.3, 0.4) is 0 Å². The summed E-state index contributed by atoms with van der Waals surface area (Å²) >= 11 is 7.56. The highest BCUT2D eigenvalue weighted by Gasteiger charge is 2.27. The van der Waals surface area contributed by atoms with E-state index >= 15 is 0 Å². The molecule has 0 aliphatic rings. The van der Waals surface area contributed by atoms with Gasteiger partial charge in [-0.15, -0.1) is 11.3 Å². The highest BCUT2D eigenvalue weighted by atomic mass is 35.5. The van der Waals surface area contributed by atoms with Crippen LogP contribution in [0.2, 0.25) is 5.02 Å². The first-order valence-corrected chi connectivity index (χ1v) is 11.3. The Morgan fingerprint density at radius 1 is 1.00 bits per heavy atom. The maximum atomic E-state index is 12.8. The van der Waals surface area contributed by atoms with Gasteiger partial charge in [0, 0.05) is 10.1 Å². The average Bonchev–Trinajstić information content (AvgIpc) is 3.12. The molecule has 0 bridgehead atoms. The number of benzene rings is 2. The van der Waals surface area contributed by atoms with Gasteiger partial charge in [0.25, 0.3) is 17.7 Å². The van der Waals surface area contributed by atoms with Gasteiger partial charge < -0.3 is 10.1 Å². The van der Waals surface area contributed by atoms with E-state index < -0.39 is 23.8 Å². The molecule has 3 aromatic rings.